The van der Waals surface area contributed by atoms with E-state index in [0.717, 1.165) is 19.4 Å². The smallest absolute Gasteiger partial charge is 0.315 e. The second kappa shape index (κ2) is 10.7. The first-order chi connectivity index (χ1) is 10.2. The van der Waals surface area contributed by atoms with E-state index in [0.29, 0.717) is 17.6 Å². The molecule has 0 aliphatic carbocycles. The Bertz CT molecular complexity index is 397. The molecule has 0 heterocycles. The largest absolute Gasteiger partial charge is 0.465 e. The summed E-state index contributed by atoms with van der Waals surface area (Å²) in [5, 5.41) is 3.98. The molecule has 0 aliphatic rings. The maximum atomic E-state index is 11.6. The second-order valence-corrected chi connectivity index (χ2v) is 6.13. The van der Waals surface area contributed by atoms with E-state index < -0.39 is 0 Å². The van der Waals surface area contributed by atoms with Gasteiger partial charge in [-0.15, -0.1) is 11.8 Å². The Kier molecular flexibility index (Phi) is 9.19. The van der Waals surface area contributed by atoms with Crippen LogP contribution in [0, 0.1) is 0 Å². The molecule has 1 aromatic rings. The Morgan fingerprint density at radius 1 is 1.24 bits per heavy atom. The lowest BCUT2D eigenvalue weighted by atomic mass is 10.0. The van der Waals surface area contributed by atoms with E-state index in [-0.39, 0.29) is 12.0 Å². The molecule has 0 saturated carbocycles. The highest BCUT2D eigenvalue weighted by Crippen LogP contribution is 2.29. The summed E-state index contributed by atoms with van der Waals surface area (Å²) >= 11 is 1.69. The summed E-state index contributed by atoms with van der Waals surface area (Å²) in [5.74, 6) is 0.298. The molecule has 1 rings (SSSR count). The number of carbonyl (C=O) groups excluding carboxylic acids is 1. The quantitative estimate of drug-likeness (QED) is 0.667. The second-order valence-electron chi connectivity index (χ2n) is 4.91. The molecule has 0 radical (unpaired) electrons. The van der Waals surface area contributed by atoms with Gasteiger partial charge in [0.2, 0.25) is 0 Å². The highest BCUT2D eigenvalue weighted by atomic mass is 32.2. The summed E-state index contributed by atoms with van der Waals surface area (Å²) in [6.45, 7) is 7.62. The number of hydrogen-bond donors (Lipinski definition) is 1. The Morgan fingerprint density at radius 3 is 2.52 bits per heavy atom. The average molecular weight is 309 g/mol. The lowest BCUT2D eigenvalue weighted by molar-refractivity contribution is -0.139. The summed E-state index contributed by atoms with van der Waals surface area (Å²) in [7, 11) is 0. The summed E-state index contributed by atoms with van der Waals surface area (Å²) < 4.78 is 5.02. The highest BCUT2D eigenvalue weighted by Gasteiger charge is 2.22. The van der Waals surface area contributed by atoms with Gasteiger partial charge in [0.25, 0.3) is 0 Å². The number of esters is 1. The van der Waals surface area contributed by atoms with Crippen molar-refractivity contribution in [1.82, 2.24) is 5.32 Å². The van der Waals surface area contributed by atoms with Crippen molar-refractivity contribution in [3.63, 3.8) is 0 Å². The maximum absolute atomic E-state index is 11.6. The molecule has 2 unspecified atom stereocenters. The zero-order valence-electron chi connectivity index (χ0n) is 13.3. The molecular formula is C17H27NO2S. The molecule has 1 N–H and O–H groups in total. The van der Waals surface area contributed by atoms with Crippen LogP contribution in [0.25, 0.3) is 0 Å². The van der Waals surface area contributed by atoms with Crippen LogP contribution in [0.4, 0.5) is 0 Å². The molecule has 118 valence electrons. The third-order valence-corrected chi connectivity index (χ3v) is 4.70. The first kappa shape index (κ1) is 18.1. The van der Waals surface area contributed by atoms with Crippen LogP contribution in [0.1, 0.15) is 45.2 Å². The van der Waals surface area contributed by atoms with E-state index in [1.807, 2.05) is 13.0 Å². The van der Waals surface area contributed by atoms with Gasteiger partial charge in [-0.05, 0) is 31.9 Å². The summed E-state index contributed by atoms with van der Waals surface area (Å²) in [6.07, 6.45) is 2.11. The van der Waals surface area contributed by atoms with Gasteiger partial charge >= 0.3 is 5.97 Å². The van der Waals surface area contributed by atoms with Crippen LogP contribution in [0.3, 0.4) is 0 Å². The minimum absolute atomic E-state index is 0.122. The van der Waals surface area contributed by atoms with Crippen LogP contribution in [0.15, 0.2) is 30.3 Å². The molecular weight excluding hydrogens is 282 g/mol. The summed E-state index contributed by atoms with van der Waals surface area (Å²) in [4.78, 5) is 11.6. The predicted octanol–water partition coefficient (Wildman–Crippen LogP) is 3.80. The monoisotopic (exact) mass is 309 g/mol. The Morgan fingerprint density at radius 2 is 1.95 bits per heavy atom. The number of benzene rings is 1. The fourth-order valence-corrected chi connectivity index (χ4v) is 3.37. The lowest BCUT2D eigenvalue weighted by Crippen LogP contribution is -2.31. The number of ether oxygens (including phenoxy) is 1. The van der Waals surface area contributed by atoms with E-state index in [1.165, 1.54) is 5.56 Å². The normalized spacial score (nSPS) is 13.7. The lowest BCUT2D eigenvalue weighted by Gasteiger charge is -2.27. The zero-order chi connectivity index (χ0) is 15.5. The predicted molar refractivity (Wildman–Crippen MR) is 90.6 cm³/mol. The van der Waals surface area contributed by atoms with Crippen LogP contribution < -0.4 is 5.32 Å². The fraction of sp³-hybridized carbons (Fsp3) is 0.588. The van der Waals surface area contributed by atoms with Gasteiger partial charge in [0.1, 0.15) is 0 Å². The van der Waals surface area contributed by atoms with Gasteiger partial charge in [0, 0.05) is 11.3 Å². The molecule has 3 nitrogen and oxygen atoms in total. The summed E-state index contributed by atoms with van der Waals surface area (Å²) in [6, 6.07) is 10.8. The van der Waals surface area contributed by atoms with E-state index in [2.05, 4.69) is 43.4 Å². The Balaban J connectivity index is 2.71. The molecule has 0 amide bonds. The van der Waals surface area contributed by atoms with Crippen molar-refractivity contribution in [2.75, 3.05) is 18.9 Å². The van der Waals surface area contributed by atoms with Gasteiger partial charge in [-0.2, -0.15) is 0 Å². The van der Waals surface area contributed by atoms with Crippen LogP contribution in [0.5, 0.6) is 0 Å². The van der Waals surface area contributed by atoms with Crippen LogP contribution in [-0.2, 0) is 9.53 Å². The number of nitrogens with one attached hydrogen (secondary N) is 1. The van der Waals surface area contributed by atoms with Crippen molar-refractivity contribution in [2.24, 2.45) is 0 Å². The van der Waals surface area contributed by atoms with Crippen LogP contribution >= 0.6 is 11.8 Å². The van der Waals surface area contributed by atoms with Crippen molar-refractivity contribution in [1.29, 1.82) is 0 Å². The zero-order valence-corrected chi connectivity index (χ0v) is 14.1. The maximum Gasteiger partial charge on any atom is 0.315 e. The van der Waals surface area contributed by atoms with E-state index in [4.69, 9.17) is 4.74 Å². The third-order valence-electron chi connectivity index (χ3n) is 3.27. The SMILES string of the molecule is CCCNC(c1ccccc1)C(CC)SCC(=O)OCC. The molecule has 0 bridgehead atoms. The van der Waals surface area contributed by atoms with E-state index in [1.54, 1.807) is 11.8 Å². The topological polar surface area (TPSA) is 38.3 Å². The standard InChI is InChI=1S/C17H27NO2S/c1-4-12-18-17(14-10-8-7-9-11-14)15(5-2)21-13-16(19)20-6-3/h7-11,15,17-18H,4-6,12-13H2,1-3H3. The van der Waals surface area contributed by atoms with Crippen molar-refractivity contribution >= 4 is 17.7 Å². The first-order valence-electron chi connectivity index (χ1n) is 7.78. The number of carbonyl (C=O) groups is 1. The minimum Gasteiger partial charge on any atom is -0.465 e. The summed E-state index contributed by atoms with van der Waals surface area (Å²) in [5.41, 5.74) is 1.29. The number of hydrogen-bond acceptors (Lipinski definition) is 4. The molecule has 0 aliphatic heterocycles. The van der Waals surface area contributed by atoms with Gasteiger partial charge < -0.3 is 10.1 Å². The molecule has 0 fully saturated rings. The van der Waals surface area contributed by atoms with Crippen molar-refractivity contribution in [3.05, 3.63) is 35.9 Å². The third kappa shape index (κ3) is 6.53. The van der Waals surface area contributed by atoms with Crippen molar-refractivity contribution < 1.29 is 9.53 Å². The molecule has 21 heavy (non-hydrogen) atoms. The molecule has 0 aromatic heterocycles. The number of rotatable bonds is 10. The molecule has 1 aromatic carbocycles. The average Bonchev–Trinajstić information content (AvgIpc) is 2.51. The Labute approximate surface area is 132 Å². The molecule has 0 saturated heterocycles. The van der Waals surface area contributed by atoms with E-state index in [9.17, 15) is 4.79 Å². The van der Waals surface area contributed by atoms with Gasteiger partial charge in [0.15, 0.2) is 0 Å². The minimum atomic E-state index is -0.122. The molecule has 2 atom stereocenters. The number of thioether (sulfide) groups is 1. The van der Waals surface area contributed by atoms with Crippen LogP contribution in [0.2, 0.25) is 0 Å². The molecule has 4 heteroatoms. The van der Waals surface area contributed by atoms with Crippen molar-refractivity contribution in [2.45, 2.75) is 44.9 Å². The van der Waals surface area contributed by atoms with E-state index >= 15 is 0 Å². The fourth-order valence-electron chi connectivity index (χ4n) is 2.25. The van der Waals surface area contributed by atoms with Crippen LogP contribution in [-0.4, -0.2) is 30.1 Å². The van der Waals surface area contributed by atoms with Gasteiger partial charge in [-0.25, -0.2) is 0 Å². The first-order valence-corrected chi connectivity index (χ1v) is 8.83. The van der Waals surface area contributed by atoms with Gasteiger partial charge in [0.05, 0.1) is 12.4 Å². The highest BCUT2D eigenvalue weighted by molar-refractivity contribution is 8.00. The van der Waals surface area contributed by atoms with Crippen molar-refractivity contribution in [3.8, 4) is 0 Å². The Hall–Kier alpha value is -1.00. The molecule has 0 spiro atoms. The van der Waals surface area contributed by atoms with Gasteiger partial charge in [-0.3, -0.25) is 4.79 Å². The van der Waals surface area contributed by atoms with Gasteiger partial charge in [-0.1, -0.05) is 44.2 Å².